The number of rotatable bonds is 13. The molecular formula is C38H39N5O5S. The van der Waals surface area contributed by atoms with Gasteiger partial charge in [0.1, 0.15) is 6.33 Å². The Morgan fingerprint density at radius 2 is 1.51 bits per heavy atom. The molecule has 1 aliphatic rings. The molecule has 1 aliphatic heterocycles. The standard InChI is InChI=1S/C38H39N5O5S/c1-25(45)32(20-26-8-4-2-5-9-26)42-37(46)39-21-27-12-18-31(19-13-27)36-47-33(23-49-38-40-24-41-43-38)34(29-10-6-3-7-11-29)35(48-36)30-16-14-28(22-44)15-17-30/h2-19,24,32-36,44H,20-23H2,1H3,(H2,39,42,46)(H,40,41,43)/t32-,33-,34-,35+,36?/m1/s1. The van der Waals surface area contributed by atoms with Crippen LogP contribution >= 0.6 is 11.8 Å². The first-order valence-corrected chi connectivity index (χ1v) is 17.2. The number of nitrogens with one attached hydrogen (secondary N) is 3. The Hall–Kier alpha value is -4.81. The smallest absolute Gasteiger partial charge is 0.315 e. The monoisotopic (exact) mass is 677 g/mol. The number of aromatic nitrogens is 3. The molecule has 1 saturated heterocycles. The van der Waals surface area contributed by atoms with E-state index in [0.29, 0.717) is 17.3 Å². The molecule has 0 aliphatic carbocycles. The highest BCUT2D eigenvalue weighted by atomic mass is 32.2. The molecule has 6 rings (SSSR count). The zero-order chi connectivity index (χ0) is 34.0. The normalized spacial score (nSPS) is 19.6. The Bertz CT molecular complexity index is 1770. The molecule has 0 radical (unpaired) electrons. The number of aromatic amines is 1. The number of benzene rings is 4. The number of ketones is 1. The number of thioether (sulfide) groups is 1. The van der Waals surface area contributed by atoms with E-state index < -0.39 is 18.4 Å². The highest BCUT2D eigenvalue weighted by Gasteiger charge is 2.42. The van der Waals surface area contributed by atoms with Gasteiger partial charge in [-0.3, -0.25) is 9.89 Å². The predicted molar refractivity (Wildman–Crippen MR) is 187 cm³/mol. The second kappa shape index (κ2) is 16.5. The van der Waals surface area contributed by atoms with Crippen LogP contribution in [0.5, 0.6) is 0 Å². The summed E-state index contributed by atoms with van der Waals surface area (Å²) in [7, 11) is 0. The molecule has 10 nitrogen and oxygen atoms in total. The van der Waals surface area contributed by atoms with Gasteiger partial charge in [0.05, 0.1) is 24.9 Å². The summed E-state index contributed by atoms with van der Waals surface area (Å²) >= 11 is 1.54. The number of aliphatic hydroxyl groups excluding tert-OH is 1. The van der Waals surface area contributed by atoms with Crippen molar-refractivity contribution in [3.05, 3.63) is 149 Å². The summed E-state index contributed by atoms with van der Waals surface area (Å²) in [5.41, 5.74) is 5.60. The molecule has 4 aromatic carbocycles. The topological polar surface area (TPSA) is 138 Å². The molecule has 2 amide bonds. The maximum Gasteiger partial charge on any atom is 0.315 e. The van der Waals surface area contributed by atoms with E-state index in [4.69, 9.17) is 9.47 Å². The molecule has 5 aromatic rings. The number of carbonyl (C=O) groups is 2. The lowest BCUT2D eigenvalue weighted by molar-refractivity contribution is -0.255. The first-order chi connectivity index (χ1) is 24.0. The van der Waals surface area contributed by atoms with Gasteiger partial charge in [-0.15, -0.1) is 0 Å². The van der Waals surface area contributed by atoms with Crippen LogP contribution in [0.15, 0.2) is 121 Å². The van der Waals surface area contributed by atoms with E-state index in [-0.39, 0.29) is 37.1 Å². The molecule has 0 spiro atoms. The summed E-state index contributed by atoms with van der Waals surface area (Å²) in [5.74, 6) is 0.365. The zero-order valence-corrected chi connectivity index (χ0v) is 27.9. The summed E-state index contributed by atoms with van der Waals surface area (Å²) in [6.45, 7) is 1.72. The number of urea groups is 1. The third-order valence-corrected chi connectivity index (χ3v) is 9.50. The fourth-order valence-corrected chi connectivity index (χ4v) is 6.75. The van der Waals surface area contributed by atoms with Crippen molar-refractivity contribution in [3.8, 4) is 0 Å². The van der Waals surface area contributed by atoms with Gasteiger partial charge in [-0.25, -0.2) is 9.78 Å². The highest BCUT2D eigenvalue weighted by molar-refractivity contribution is 7.99. The third-order valence-electron chi connectivity index (χ3n) is 8.53. The van der Waals surface area contributed by atoms with Crippen molar-refractivity contribution in [2.24, 2.45) is 0 Å². The van der Waals surface area contributed by atoms with Crippen LogP contribution in [0.4, 0.5) is 4.79 Å². The van der Waals surface area contributed by atoms with Gasteiger partial charge in [0.15, 0.2) is 17.2 Å². The lowest BCUT2D eigenvalue weighted by Crippen LogP contribution is -2.46. The number of nitrogens with zero attached hydrogens (tertiary/aromatic N) is 2. The highest BCUT2D eigenvalue weighted by Crippen LogP contribution is 2.47. The molecule has 49 heavy (non-hydrogen) atoms. The molecule has 4 N–H and O–H groups in total. The lowest BCUT2D eigenvalue weighted by Gasteiger charge is -2.43. The van der Waals surface area contributed by atoms with E-state index in [9.17, 15) is 14.7 Å². The van der Waals surface area contributed by atoms with Gasteiger partial charge < -0.3 is 25.2 Å². The number of carbonyl (C=O) groups excluding carboxylic acids is 2. The fourth-order valence-electron chi connectivity index (χ4n) is 5.91. The SMILES string of the molecule is CC(=O)[C@@H](Cc1ccccc1)NC(=O)NCc1ccc(C2O[C@H](CSc3ncn[nH]3)[C@@H](c3ccccc3)[C@H](c3ccc(CO)cc3)O2)cc1. The predicted octanol–water partition coefficient (Wildman–Crippen LogP) is 6.03. The van der Waals surface area contributed by atoms with Crippen LogP contribution in [0, 0.1) is 0 Å². The van der Waals surface area contributed by atoms with Gasteiger partial charge in [-0.1, -0.05) is 121 Å². The number of amides is 2. The van der Waals surface area contributed by atoms with Crippen molar-refractivity contribution in [2.45, 2.75) is 62.1 Å². The fraction of sp³-hybridized carbons (Fsp3) is 0.263. The van der Waals surface area contributed by atoms with Crippen LogP contribution < -0.4 is 10.6 Å². The second-order valence-corrected chi connectivity index (χ2v) is 12.9. The maximum absolute atomic E-state index is 12.7. The van der Waals surface area contributed by atoms with Crippen molar-refractivity contribution in [1.82, 2.24) is 25.8 Å². The minimum Gasteiger partial charge on any atom is -0.392 e. The Labute approximate surface area is 289 Å². The molecule has 1 unspecified atom stereocenters. The van der Waals surface area contributed by atoms with E-state index in [1.165, 1.54) is 13.3 Å². The summed E-state index contributed by atoms with van der Waals surface area (Å²) < 4.78 is 13.5. The minimum absolute atomic E-state index is 0.0377. The summed E-state index contributed by atoms with van der Waals surface area (Å²) in [6, 6.07) is 34.4. The van der Waals surface area contributed by atoms with E-state index >= 15 is 0 Å². The Kier molecular flexibility index (Phi) is 11.5. The Morgan fingerprint density at radius 1 is 0.837 bits per heavy atom. The number of hydrogen-bond donors (Lipinski definition) is 4. The molecule has 11 heteroatoms. The van der Waals surface area contributed by atoms with Crippen molar-refractivity contribution in [3.63, 3.8) is 0 Å². The molecule has 252 valence electrons. The number of aliphatic hydroxyl groups is 1. The average molecular weight is 678 g/mol. The summed E-state index contributed by atoms with van der Waals surface area (Å²) in [5, 5.41) is 23.0. The van der Waals surface area contributed by atoms with Gasteiger partial charge in [0.25, 0.3) is 0 Å². The van der Waals surface area contributed by atoms with E-state index in [1.807, 2.05) is 97.1 Å². The molecule has 5 atom stereocenters. The van der Waals surface area contributed by atoms with Gasteiger partial charge >= 0.3 is 6.03 Å². The van der Waals surface area contributed by atoms with Gasteiger partial charge in [0, 0.05) is 23.8 Å². The van der Waals surface area contributed by atoms with E-state index in [0.717, 1.165) is 33.4 Å². The van der Waals surface area contributed by atoms with Crippen LogP contribution in [0.25, 0.3) is 0 Å². The Balaban J connectivity index is 1.17. The zero-order valence-electron chi connectivity index (χ0n) is 27.1. The summed E-state index contributed by atoms with van der Waals surface area (Å²) in [4.78, 5) is 29.3. The minimum atomic E-state index is -0.664. The van der Waals surface area contributed by atoms with Gasteiger partial charge in [-0.05, 0) is 41.2 Å². The van der Waals surface area contributed by atoms with Gasteiger partial charge in [-0.2, -0.15) is 5.10 Å². The first-order valence-electron chi connectivity index (χ1n) is 16.2. The van der Waals surface area contributed by atoms with Crippen LogP contribution in [0.3, 0.4) is 0 Å². The van der Waals surface area contributed by atoms with Crippen LogP contribution in [-0.4, -0.2) is 50.0 Å². The lowest BCUT2D eigenvalue weighted by atomic mass is 9.84. The van der Waals surface area contributed by atoms with Crippen LogP contribution in [0.1, 0.15) is 58.6 Å². The molecule has 2 heterocycles. The largest absolute Gasteiger partial charge is 0.392 e. The maximum atomic E-state index is 12.7. The van der Waals surface area contributed by atoms with Crippen molar-refractivity contribution in [2.75, 3.05) is 5.75 Å². The Morgan fingerprint density at radius 3 is 2.16 bits per heavy atom. The van der Waals surface area contributed by atoms with E-state index in [1.54, 1.807) is 11.8 Å². The number of H-pyrrole nitrogens is 1. The average Bonchev–Trinajstić information content (AvgIpc) is 3.67. The number of hydrogen-bond acceptors (Lipinski definition) is 8. The molecular weight excluding hydrogens is 639 g/mol. The second-order valence-electron chi connectivity index (χ2n) is 11.9. The third kappa shape index (κ3) is 9.01. The molecule has 1 aromatic heterocycles. The number of ether oxygens (including phenoxy) is 2. The number of Topliss-reactive ketones (excluding diaryl/α,β-unsaturated/α-hetero) is 1. The first kappa shape index (κ1) is 34.1. The molecule has 0 bridgehead atoms. The van der Waals surface area contributed by atoms with E-state index in [2.05, 4.69) is 37.9 Å². The van der Waals surface area contributed by atoms with Crippen LogP contribution in [0.2, 0.25) is 0 Å². The van der Waals surface area contributed by atoms with Crippen molar-refractivity contribution in [1.29, 1.82) is 0 Å². The molecule has 1 fully saturated rings. The summed E-state index contributed by atoms with van der Waals surface area (Å²) in [6.07, 6.45) is 0.651. The quantitative estimate of drug-likeness (QED) is 0.111. The van der Waals surface area contributed by atoms with Crippen LogP contribution in [-0.2, 0) is 33.8 Å². The van der Waals surface area contributed by atoms with Crippen molar-refractivity contribution < 1.29 is 24.2 Å². The molecule has 0 saturated carbocycles. The van der Waals surface area contributed by atoms with Gasteiger partial charge in [0.2, 0.25) is 0 Å². The van der Waals surface area contributed by atoms with Crippen molar-refractivity contribution >= 4 is 23.6 Å².